The van der Waals surface area contributed by atoms with Gasteiger partial charge in [-0.3, -0.25) is 0 Å². The first-order chi connectivity index (χ1) is 23.7. The van der Waals surface area contributed by atoms with Crippen LogP contribution in [0.2, 0.25) is 0 Å². The lowest BCUT2D eigenvalue weighted by molar-refractivity contribution is 0.992. The molecule has 228 valence electrons. The van der Waals surface area contributed by atoms with Gasteiger partial charge in [-0.2, -0.15) is 0 Å². The summed E-state index contributed by atoms with van der Waals surface area (Å²) in [6.07, 6.45) is 6.85. The normalized spacial score (nSPS) is 12.4. The van der Waals surface area contributed by atoms with Crippen molar-refractivity contribution in [3.63, 3.8) is 0 Å². The minimum absolute atomic E-state index is 1.06. The molecule has 1 aliphatic carbocycles. The highest BCUT2D eigenvalue weighted by atomic mass is 15.1. The van der Waals surface area contributed by atoms with Gasteiger partial charge in [-0.05, 0) is 140 Å². The summed E-state index contributed by atoms with van der Waals surface area (Å²) in [6.45, 7) is 2.14. The molecule has 0 radical (unpaired) electrons. The van der Waals surface area contributed by atoms with Gasteiger partial charge in [0.05, 0.1) is 0 Å². The van der Waals surface area contributed by atoms with E-state index in [1.54, 1.807) is 0 Å². The van der Waals surface area contributed by atoms with E-state index in [9.17, 15) is 0 Å². The van der Waals surface area contributed by atoms with E-state index >= 15 is 0 Å². The molecule has 0 bridgehead atoms. The van der Waals surface area contributed by atoms with Crippen LogP contribution in [0.5, 0.6) is 0 Å². The Hall–Kier alpha value is -5.92. The Bertz CT molecular complexity index is 2490. The first-order valence-electron chi connectivity index (χ1n) is 16.9. The van der Waals surface area contributed by atoms with Gasteiger partial charge in [0.15, 0.2) is 0 Å². The van der Waals surface area contributed by atoms with E-state index < -0.39 is 0 Å². The van der Waals surface area contributed by atoms with Gasteiger partial charge in [-0.25, -0.2) is 0 Å². The zero-order valence-corrected chi connectivity index (χ0v) is 27.0. The molecule has 0 heterocycles. The molecule has 1 aliphatic rings. The van der Waals surface area contributed by atoms with Crippen molar-refractivity contribution < 1.29 is 0 Å². The molecule has 9 rings (SSSR count). The average Bonchev–Trinajstić information content (AvgIpc) is 3.15. The molecule has 8 aromatic rings. The van der Waals surface area contributed by atoms with Crippen LogP contribution in [0.4, 0.5) is 17.1 Å². The Balaban J connectivity index is 1.22. The fraction of sp³-hybridized carbons (Fsp3) is 0.0638. The van der Waals surface area contributed by atoms with Crippen molar-refractivity contribution in [1.82, 2.24) is 0 Å². The minimum atomic E-state index is 1.06. The minimum Gasteiger partial charge on any atom is -0.311 e. The third kappa shape index (κ3) is 4.87. The molecule has 0 amide bonds. The zero-order valence-electron chi connectivity index (χ0n) is 27.0. The number of para-hydroxylation sites is 1. The molecule has 0 N–H and O–H groups in total. The smallest absolute Gasteiger partial charge is 0.0462 e. The highest BCUT2D eigenvalue weighted by Crippen LogP contribution is 2.44. The maximum absolute atomic E-state index is 2.45. The van der Waals surface area contributed by atoms with Crippen LogP contribution in [0.15, 0.2) is 164 Å². The number of nitrogens with zero attached hydrogens (tertiary/aromatic N) is 1. The highest BCUT2D eigenvalue weighted by molar-refractivity contribution is 6.18. The van der Waals surface area contributed by atoms with Crippen molar-refractivity contribution >= 4 is 55.5 Å². The van der Waals surface area contributed by atoms with Crippen LogP contribution in [0.3, 0.4) is 0 Å². The van der Waals surface area contributed by atoms with E-state index in [2.05, 4.69) is 182 Å². The summed E-state index contributed by atoms with van der Waals surface area (Å²) in [5, 5.41) is 7.80. The fourth-order valence-electron chi connectivity index (χ4n) is 7.59. The summed E-state index contributed by atoms with van der Waals surface area (Å²) in [5.41, 5.74) is 12.6. The predicted octanol–water partition coefficient (Wildman–Crippen LogP) is 13.2. The van der Waals surface area contributed by atoms with Crippen molar-refractivity contribution in [3.05, 3.63) is 180 Å². The lowest BCUT2D eigenvalue weighted by Crippen LogP contribution is -2.09. The van der Waals surface area contributed by atoms with Gasteiger partial charge in [-0.15, -0.1) is 0 Å². The fourth-order valence-corrected chi connectivity index (χ4v) is 7.59. The van der Waals surface area contributed by atoms with Gasteiger partial charge in [0.1, 0.15) is 0 Å². The Morgan fingerprint density at radius 2 is 1.10 bits per heavy atom. The van der Waals surface area contributed by atoms with Crippen LogP contribution in [-0.2, 0) is 6.42 Å². The number of hydrogen-bond acceptors (Lipinski definition) is 1. The van der Waals surface area contributed by atoms with Crippen molar-refractivity contribution in [2.45, 2.75) is 19.8 Å². The van der Waals surface area contributed by atoms with Crippen molar-refractivity contribution in [1.29, 1.82) is 0 Å². The molecule has 0 saturated carbocycles. The van der Waals surface area contributed by atoms with Crippen molar-refractivity contribution in [3.8, 4) is 22.3 Å². The number of hydrogen-bond donors (Lipinski definition) is 0. The molecule has 1 nitrogen and oxygen atoms in total. The first-order valence-corrected chi connectivity index (χ1v) is 16.9. The molecule has 0 aliphatic heterocycles. The van der Waals surface area contributed by atoms with Crippen LogP contribution in [-0.4, -0.2) is 0 Å². The summed E-state index contributed by atoms with van der Waals surface area (Å²) in [6, 6.07) is 57.9. The molecule has 1 heteroatoms. The van der Waals surface area contributed by atoms with Gasteiger partial charge in [0.2, 0.25) is 0 Å². The largest absolute Gasteiger partial charge is 0.311 e. The number of rotatable bonds is 5. The van der Waals surface area contributed by atoms with Crippen LogP contribution in [0.1, 0.15) is 23.1 Å². The summed E-state index contributed by atoms with van der Waals surface area (Å²) in [5.74, 6) is 0. The third-order valence-electron chi connectivity index (χ3n) is 9.94. The number of fused-ring (bicyclic) bond motifs is 6. The quantitative estimate of drug-likeness (QED) is 0.175. The second-order valence-electron chi connectivity index (χ2n) is 12.9. The second kappa shape index (κ2) is 11.7. The lowest BCUT2D eigenvalue weighted by atomic mass is 9.82. The van der Waals surface area contributed by atoms with E-state index in [0.29, 0.717) is 0 Å². The molecular formula is C47H35N. The monoisotopic (exact) mass is 613 g/mol. The Labute approximate surface area is 282 Å². The highest BCUT2D eigenvalue weighted by Gasteiger charge is 2.20. The standard InChI is InChI=1S/C47H35N/c1-32-19-25-39(26-20-32)48(38-13-3-2-4-14-38)40-27-23-34(24-28-40)45-30-37-31-46(36-22-21-33-11-5-6-12-35(33)29-36)42-16-8-10-18-44(42)47(37)43-17-9-7-15-41(43)45/h2-7,9-15,17-31H,8,16H2,1H3. The van der Waals surface area contributed by atoms with Crippen LogP contribution < -0.4 is 4.90 Å². The molecule has 0 atom stereocenters. The van der Waals surface area contributed by atoms with E-state index in [1.165, 1.54) is 71.3 Å². The zero-order chi connectivity index (χ0) is 32.0. The van der Waals surface area contributed by atoms with Gasteiger partial charge in [0, 0.05) is 17.1 Å². The maximum atomic E-state index is 2.45. The van der Waals surface area contributed by atoms with E-state index in [1.807, 2.05) is 0 Å². The van der Waals surface area contributed by atoms with Gasteiger partial charge in [0.25, 0.3) is 0 Å². The molecule has 0 fully saturated rings. The molecule has 0 aromatic heterocycles. The Morgan fingerprint density at radius 3 is 1.90 bits per heavy atom. The lowest BCUT2D eigenvalue weighted by Gasteiger charge is -2.26. The summed E-state index contributed by atoms with van der Waals surface area (Å²) in [4.78, 5) is 2.33. The molecule has 0 spiro atoms. The van der Waals surface area contributed by atoms with Crippen molar-refractivity contribution in [2.24, 2.45) is 0 Å². The van der Waals surface area contributed by atoms with Crippen LogP contribution in [0, 0.1) is 6.92 Å². The number of allylic oxidation sites excluding steroid dienone is 1. The molecule has 48 heavy (non-hydrogen) atoms. The SMILES string of the molecule is Cc1ccc(N(c2ccccc2)c2ccc(-c3cc4cc(-c5ccc6ccccc6c5)c5c(c4c4ccccc34)C=CCC5)cc2)cc1. The molecule has 8 aromatic carbocycles. The first kappa shape index (κ1) is 28.3. The number of anilines is 3. The summed E-state index contributed by atoms with van der Waals surface area (Å²) >= 11 is 0. The van der Waals surface area contributed by atoms with Crippen LogP contribution >= 0.6 is 0 Å². The van der Waals surface area contributed by atoms with Gasteiger partial charge in [-0.1, -0.05) is 121 Å². The second-order valence-corrected chi connectivity index (χ2v) is 12.9. The maximum Gasteiger partial charge on any atom is 0.0462 e. The summed E-state index contributed by atoms with van der Waals surface area (Å²) in [7, 11) is 0. The Kier molecular flexibility index (Phi) is 6.91. The Morgan fingerprint density at radius 1 is 0.479 bits per heavy atom. The van der Waals surface area contributed by atoms with Crippen LogP contribution in [0.25, 0.3) is 60.6 Å². The van der Waals surface area contributed by atoms with E-state index in [-0.39, 0.29) is 0 Å². The topological polar surface area (TPSA) is 3.24 Å². The van der Waals surface area contributed by atoms with Gasteiger partial charge < -0.3 is 4.90 Å². The molecule has 0 saturated heterocycles. The van der Waals surface area contributed by atoms with E-state index in [0.717, 1.165) is 29.9 Å². The molecule has 0 unspecified atom stereocenters. The van der Waals surface area contributed by atoms with Gasteiger partial charge >= 0.3 is 0 Å². The predicted molar refractivity (Wildman–Crippen MR) is 207 cm³/mol. The van der Waals surface area contributed by atoms with E-state index in [4.69, 9.17) is 0 Å². The summed E-state index contributed by atoms with van der Waals surface area (Å²) < 4.78 is 0. The third-order valence-corrected chi connectivity index (χ3v) is 9.94. The van der Waals surface area contributed by atoms with Crippen molar-refractivity contribution in [2.75, 3.05) is 4.90 Å². The number of benzene rings is 8. The average molecular weight is 614 g/mol. The molecular weight excluding hydrogens is 579 g/mol. The number of aryl methyl sites for hydroxylation is 1.